The summed E-state index contributed by atoms with van der Waals surface area (Å²) in [6.45, 7) is 43.2. The standard InChI is InChI=1S/6C10H11NO.Tc/c6*1-11-8-7-9-3-5-10(12-2)6-4-9;/h6*3-6H,7-8H2,2H3;/i;;;;;;1+1. The van der Waals surface area contributed by atoms with E-state index in [2.05, 4.69) is 29.1 Å². The van der Waals surface area contributed by atoms with Crippen molar-refractivity contribution in [1.29, 1.82) is 0 Å². The molecular formula is C60H66N6O6Tc. The third kappa shape index (κ3) is 31.5. The number of benzene rings is 6. The molecule has 0 atom stereocenters. The Morgan fingerprint density at radius 3 is 0.425 bits per heavy atom. The summed E-state index contributed by atoms with van der Waals surface area (Å²) in [6, 6.07) is 46.9. The van der Waals surface area contributed by atoms with Crippen molar-refractivity contribution in [3.8, 4) is 34.5 Å². The molecule has 0 aliphatic heterocycles. The Labute approximate surface area is 448 Å². The summed E-state index contributed by atoms with van der Waals surface area (Å²) in [5, 5.41) is 0. The van der Waals surface area contributed by atoms with Crippen LogP contribution in [0.3, 0.4) is 0 Å². The molecule has 0 heterocycles. The van der Waals surface area contributed by atoms with Crippen LogP contribution in [-0.4, -0.2) is 81.9 Å². The predicted molar refractivity (Wildman–Crippen MR) is 289 cm³/mol. The molecule has 0 bridgehead atoms. The quantitative estimate of drug-likeness (QED) is 0.0798. The van der Waals surface area contributed by atoms with E-state index in [1.54, 1.807) is 42.7 Å². The van der Waals surface area contributed by atoms with Gasteiger partial charge in [-0.15, -0.1) is 0 Å². The van der Waals surface area contributed by atoms with Gasteiger partial charge >= 0.3 is 0 Å². The number of ether oxygens (including phenoxy) is 6. The van der Waals surface area contributed by atoms with Crippen LogP contribution < -0.4 is 28.4 Å². The first kappa shape index (κ1) is 64.7. The molecular weight excluding hydrogens is 1000 g/mol. The number of methoxy groups -OCH3 is 6. The van der Waals surface area contributed by atoms with Gasteiger partial charge in [-0.25, -0.2) is 39.4 Å². The smallest absolute Gasteiger partial charge is 0.218 e. The van der Waals surface area contributed by atoms with Gasteiger partial charge in [0.25, 0.3) is 0 Å². The van der Waals surface area contributed by atoms with Gasteiger partial charge in [0.05, 0.1) is 42.7 Å². The van der Waals surface area contributed by atoms with Crippen molar-refractivity contribution in [2.24, 2.45) is 0 Å². The molecule has 0 saturated heterocycles. The van der Waals surface area contributed by atoms with Gasteiger partial charge in [-0.3, -0.25) is 0 Å². The Hall–Kier alpha value is -8.29. The summed E-state index contributed by atoms with van der Waals surface area (Å²) < 4.78 is 30.1. The maximum atomic E-state index is 6.63. The second kappa shape index (κ2) is 43.7. The molecule has 0 fully saturated rings. The molecule has 73 heavy (non-hydrogen) atoms. The Morgan fingerprint density at radius 1 is 0.233 bits per heavy atom. The molecule has 0 N–H and O–H groups in total. The van der Waals surface area contributed by atoms with Gasteiger partial charge in [0, 0.05) is 58.6 Å². The van der Waals surface area contributed by atoms with Gasteiger partial charge in [-0.05, 0) is 106 Å². The first-order valence-corrected chi connectivity index (χ1v) is 23.0. The van der Waals surface area contributed by atoms with Crippen LogP contribution in [0.15, 0.2) is 146 Å². The van der Waals surface area contributed by atoms with E-state index in [0.717, 1.165) is 73.0 Å². The summed E-state index contributed by atoms with van der Waals surface area (Å²) in [4.78, 5) is 19.8. The second-order valence-corrected chi connectivity index (χ2v) is 14.9. The third-order valence-electron chi connectivity index (χ3n) is 10.0. The average molecular weight is 1070 g/mol. The third-order valence-corrected chi connectivity index (χ3v) is 10.0. The molecule has 0 saturated carbocycles. The molecule has 1 radical (unpaired) electrons. The molecule has 13 heteroatoms. The van der Waals surface area contributed by atoms with Crippen LogP contribution in [0.1, 0.15) is 33.4 Å². The van der Waals surface area contributed by atoms with Crippen LogP contribution in [0.2, 0.25) is 0 Å². The zero-order valence-electron chi connectivity index (χ0n) is 42.9. The SMILES string of the molecule is [99Tc].[C-]#[N+]CCc1ccc(OC)cc1.[C-]#[N+]CCc1ccc(OC)cc1.[C-]#[N+]CCc1ccc(OC)cc1.[C-]#[N+]CCc1ccc(OC)cc1.[C-]#[N+]CCc1ccc(OC)cc1.[C-]#[N+]CCc1ccc(OC)cc1. The fraction of sp³-hybridized carbons (Fsp3) is 0.300. The number of hydrogen-bond donors (Lipinski definition) is 0. The van der Waals surface area contributed by atoms with Gasteiger partial charge in [0.1, 0.15) is 34.5 Å². The van der Waals surface area contributed by atoms with Crippen molar-refractivity contribution in [2.45, 2.75) is 38.5 Å². The van der Waals surface area contributed by atoms with E-state index < -0.39 is 0 Å². The first-order chi connectivity index (χ1) is 35.2. The van der Waals surface area contributed by atoms with Crippen molar-refractivity contribution < 1.29 is 48.5 Å². The first-order valence-electron chi connectivity index (χ1n) is 23.0. The predicted octanol–water partition coefficient (Wildman–Crippen LogP) is 12.9. The van der Waals surface area contributed by atoms with Crippen LogP contribution >= 0.6 is 0 Å². The maximum absolute atomic E-state index is 6.63. The molecule has 379 valence electrons. The summed E-state index contributed by atoms with van der Waals surface area (Å²) >= 11 is 0. The van der Waals surface area contributed by atoms with Crippen LogP contribution in [-0.2, 0) is 58.6 Å². The second-order valence-electron chi connectivity index (χ2n) is 14.9. The summed E-state index contributed by atoms with van der Waals surface area (Å²) in [7, 11) is 9.88. The van der Waals surface area contributed by atoms with Gasteiger partial charge < -0.3 is 57.5 Å². The van der Waals surface area contributed by atoms with E-state index in [9.17, 15) is 0 Å². The van der Waals surface area contributed by atoms with Crippen molar-refractivity contribution >= 4 is 0 Å². The molecule has 6 aromatic rings. The van der Waals surface area contributed by atoms with E-state index in [1.165, 1.54) is 33.4 Å². The van der Waals surface area contributed by atoms with Gasteiger partial charge in [-0.1, -0.05) is 72.8 Å². The van der Waals surface area contributed by atoms with Crippen LogP contribution in [0.4, 0.5) is 0 Å². The Morgan fingerprint density at radius 2 is 0.342 bits per heavy atom. The van der Waals surface area contributed by atoms with Crippen molar-refractivity contribution in [3.05, 3.63) is 247 Å². The summed E-state index contributed by atoms with van der Waals surface area (Å²) in [5.41, 5.74) is 7.12. The van der Waals surface area contributed by atoms with Crippen molar-refractivity contribution in [3.63, 3.8) is 0 Å². The summed E-state index contributed by atoms with van der Waals surface area (Å²) in [6.07, 6.45) is 4.96. The zero-order chi connectivity index (χ0) is 52.9. The molecule has 6 aromatic carbocycles. The molecule has 0 aliphatic rings. The molecule has 0 aliphatic carbocycles. The summed E-state index contributed by atoms with van der Waals surface area (Å²) in [5.74, 6) is 5.18. The van der Waals surface area contributed by atoms with Crippen LogP contribution in [0, 0.1) is 39.4 Å². The van der Waals surface area contributed by atoms with Crippen molar-refractivity contribution in [2.75, 3.05) is 81.9 Å². The maximum Gasteiger partial charge on any atom is 0.218 e. The number of hydrogen-bond acceptors (Lipinski definition) is 6. The molecule has 0 spiro atoms. The molecule has 0 unspecified atom stereocenters. The monoisotopic (exact) mass is 1070 g/mol. The molecule has 0 amide bonds. The minimum Gasteiger partial charge on any atom is -0.497 e. The Kier molecular flexibility index (Phi) is 38.7. The normalized spacial score (nSPS) is 8.88. The molecule has 12 nitrogen and oxygen atoms in total. The molecule has 0 aromatic heterocycles. The van der Waals surface area contributed by atoms with E-state index in [0.29, 0.717) is 39.3 Å². The van der Waals surface area contributed by atoms with Crippen molar-refractivity contribution in [1.82, 2.24) is 0 Å². The van der Waals surface area contributed by atoms with E-state index in [4.69, 9.17) is 67.9 Å². The Bertz CT molecular complexity index is 2110. The molecule has 6 rings (SSSR count). The van der Waals surface area contributed by atoms with Gasteiger partial charge in [-0.2, -0.15) is 0 Å². The van der Waals surface area contributed by atoms with Crippen LogP contribution in [0.25, 0.3) is 29.1 Å². The number of nitrogens with zero attached hydrogens (tertiary/aromatic N) is 6. The van der Waals surface area contributed by atoms with E-state index >= 15 is 0 Å². The fourth-order valence-corrected chi connectivity index (χ4v) is 5.86. The van der Waals surface area contributed by atoms with Crippen LogP contribution in [0.5, 0.6) is 34.5 Å². The zero-order valence-corrected chi connectivity index (χ0v) is 44.7. The minimum atomic E-state index is 0. The number of rotatable bonds is 18. The van der Waals surface area contributed by atoms with Gasteiger partial charge in [0.15, 0.2) is 0 Å². The van der Waals surface area contributed by atoms with Gasteiger partial charge in [0.2, 0.25) is 39.3 Å². The minimum absolute atomic E-state index is 0. The average Bonchev–Trinajstić information content (AvgIpc) is 3.45. The Balaban J connectivity index is 0.000000850. The van der Waals surface area contributed by atoms with E-state index in [1.807, 2.05) is 146 Å². The fourth-order valence-electron chi connectivity index (χ4n) is 5.86. The largest absolute Gasteiger partial charge is 0.497 e. The topological polar surface area (TPSA) is 81.5 Å². The van der Waals surface area contributed by atoms with E-state index in [-0.39, 0.29) is 20.1 Å².